The van der Waals surface area contributed by atoms with Crippen LogP contribution < -0.4 is 5.32 Å². The molecule has 28 heavy (non-hydrogen) atoms. The zero-order valence-electron chi connectivity index (χ0n) is 20.0. The van der Waals surface area contributed by atoms with Crippen molar-refractivity contribution in [1.82, 2.24) is 14.8 Å². The second-order valence-corrected chi connectivity index (χ2v) is 17.3. The lowest BCUT2D eigenvalue weighted by Gasteiger charge is -2.39. The van der Waals surface area contributed by atoms with E-state index in [1.165, 1.54) is 31.1 Å². The van der Waals surface area contributed by atoms with Gasteiger partial charge in [0.1, 0.15) is 8.24 Å². The molecule has 0 aromatic heterocycles. The quantitative estimate of drug-likeness (QED) is 0.395. The molecule has 0 spiro atoms. The summed E-state index contributed by atoms with van der Waals surface area (Å²) in [6.45, 7) is 21.4. The third-order valence-corrected chi connectivity index (χ3v) is 15.7. The number of hydrogen-bond donors (Lipinski definition) is 1. The van der Waals surface area contributed by atoms with Crippen LogP contribution in [-0.4, -0.2) is 85.3 Å². The average Bonchev–Trinajstić information content (AvgIpc) is 2.69. The maximum absolute atomic E-state index is 6.58. The molecule has 2 unspecified atom stereocenters. The molecule has 7 heteroatoms. The van der Waals surface area contributed by atoms with Gasteiger partial charge in [0.25, 0.3) is 0 Å². The van der Waals surface area contributed by atoms with Gasteiger partial charge in [0.15, 0.2) is 0 Å². The van der Waals surface area contributed by atoms with Crippen molar-refractivity contribution < 1.29 is 8.85 Å². The Kier molecular flexibility index (Phi) is 12.7. The van der Waals surface area contributed by atoms with Crippen molar-refractivity contribution in [2.24, 2.45) is 0 Å². The van der Waals surface area contributed by atoms with Gasteiger partial charge in [-0.25, -0.2) is 0 Å². The number of hydrogen-bond acceptors (Lipinski definition) is 5. The molecule has 1 fully saturated rings. The summed E-state index contributed by atoms with van der Waals surface area (Å²) < 4.78 is 15.5. The number of rotatable bonds is 15. The minimum Gasteiger partial charge on any atom is -0.395 e. The molecule has 1 N–H and O–H groups in total. The number of nitrogens with zero attached hydrogens (tertiary/aromatic N) is 2. The average molecular weight is 432 g/mol. The van der Waals surface area contributed by atoms with E-state index in [2.05, 4.69) is 63.0 Å². The molecule has 0 aliphatic carbocycles. The monoisotopic (exact) mass is 431 g/mol. The molecule has 0 aromatic carbocycles. The molecule has 0 radical (unpaired) electrons. The van der Waals surface area contributed by atoms with E-state index in [1.54, 1.807) is 0 Å². The first kappa shape index (κ1) is 26.3. The minimum atomic E-state index is -2.10. The van der Waals surface area contributed by atoms with Gasteiger partial charge in [0.2, 0.25) is 0 Å². The maximum atomic E-state index is 6.58. The van der Waals surface area contributed by atoms with Crippen molar-refractivity contribution in [3.05, 3.63) is 0 Å². The lowest BCUT2D eigenvalue weighted by atomic mass is 10.2. The van der Waals surface area contributed by atoms with E-state index in [9.17, 15) is 0 Å². The van der Waals surface area contributed by atoms with Crippen LogP contribution in [0.1, 0.15) is 47.5 Å². The second kappa shape index (κ2) is 13.5. The van der Waals surface area contributed by atoms with Gasteiger partial charge in [-0.15, -0.1) is 0 Å². The van der Waals surface area contributed by atoms with Gasteiger partial charge < -0.3 is 23.6 Å². The predicted molar refractivity (Wildman–Crippen MR) is 127 cm³/mol. The molecule has 1 saturated heterocycles. The largest absolute Gasteiger partial charge is 0.395 e. The van der Waals surface area contributed by atoms with Crippen LogP contribution in [0.5, 0.6) is 0 Å². The summed E-state index contributed by atoms with van der Waals surface area (Å²) >= 11 is 0. The van der Waals surface area contributed by atoms with E-state index in [4.69, 9.17) is 8.85 Å². The molecule has 1 rings (SSSR count). The first-order valence-electron chi connectivity index (χ1n) is 11.8. The molecule has 1 heterocycles. The standard InChI is InChI=1S/C21H49N3O2Si2/c1-8-25-27(7,20-12-16-23(6)28(9-2,10-3)11-4)26-21(5)13-17-24-18-14-22-15-19-24/h21-22H,8-20H2,1-7H3. The highest BCUT2D eigenvalue weighted by Gasteiger charge is 2.35. The fraction of sp³-hybridized carbons (Fsp3) is 1.00. The molecule has 0 amide bonds. The summed E-state index contributed by atoms with van der Waals surface area (Å²) in [7, 11) is -0.981. The predicted octanol–water partition coefficient (Wildman–Crippen LogP) is 4.12. The normalized spacial score (nSPS) is 19.7. The summed E-state index contributed by atoms with van der Waals surface area (Å²) in [6, 6.07) is 5.17. The minimum absolute atomic E-state index is 0.284. The van der Waals surface area contributed by atoms with Gasteiger partial charge in [0.05, 0.1) is 0 Å². The Morgan fingerprint density at radius 3 is 2.21 bits per heavy atom. The van der Waals surface area contributed by atoms with Crippen LogP contribution >= 0.6 is 0 Å². The lowest BCUT2D eigenvalue weighted by molar-refractivity contribution is 0.110. The highest BCUT2D eigenvalue weighted by atomic mass is 28.4. The van der Waals surface area contributed by atoms with E-state index in [-0.39, 0.29) is 6.10 Å². The number of nitrogens with one attached hydrogen (secondary N) is 1. The van der Waals surface area contributed by atoms with Gasteiger partial charge in [-0.05, 0) is 71.0 Å². The summed E-state index contributed by atoms with van der Waals surface area (Å²) in [5, 5.41) is 3.43. The zero-order valence-corrected chi connectivity index (χ0v) is 22.0. The summed E-state index contributed by atoms with van der Waals surface area (Å²) in [4.78, 5) is 2.55. The van der Waals surface area contributed by atoms with Gasteiger partial charge in [-0.2, -0.15) is 0 Å². The van der Waals surface area contributed by atoms with Gasteiger partial charge in [0, 0.05) is 45.4 Å². The Morgan fingerprint density at radius 1 is 1.07 bits per heavy atom. The van der Waals surface area contributed by atoms with Crippen molar-refractivity contribution in [3.8, 4) is 0 Å². The van der Waals surface area contributed by atoms with Gasteiger partial charge in [-0.3, -0.25) is 0 Å². The molecule has 0 aromatic rings. The molecule has 2 atom stereocenters. The summed E-state index contributed by atoms with van der Waals surface area (Å²) in [6.07, 6.45) is 2.58. The fourth-order valence-corrected chi connectivity index (χ4v) is 11.2. The van der Waals surface area contributed by atoms with Crippen LogP contribution in [0.2, 0.25) is 30.7 Å². The highest BCUT2D eigenvalue weighted by molar-refractivity contribution is 6.77. The van der Waals surface area contributed by atoms with E-state index >= 15 is 0 Å². The Bertz CT molecular complexity index is 399. The van der Waals surface area contributed by atoms with Crippen LogP contribution in [0.4, 0.5) is 0 Å². The zero-order chi connectivity index (χ0) is 21.0. The topological polar surface area (TPSA) is 37.0 Å². The van der Waals surface area contributed by atoms with E-state index in [1.807, 2.05) is 0 Å². The van der Waals surface area contributed by atoms with Crippen LogP contribution in [0.3, 0.4) is 0 Å². The lowest BCUT2D eigenvalue weighted by Crippen LogP contribution is -2.51. The molecule has 1 aliphatic heterocycles. The third-order valence-electron chi connectivity index (χ3n) is 6.87. The Morgan fingerprint density at radius 2 is 1.68 bits per heavy atom. The first-order valence-corrected chi connectivity index (χ1v) is 16.9. The van der Waals surface area contributed by atoms with E-state index in [0.717, 1.165) is 51.8 Å². The second-order valence-electron chi connectivity index (χ2n) is 8.69. The van der Waals surface area contributed by atoms with Crippen LogP contribution in [0, 0.1) is 0 Å². The SMILES string of the molecule is CCO[Si](C)(CCCN(C)[Si](CC)(CC)CC)OC(C)CCN1CCNCC1. The highest BCUT2D eigenvalue weighted by Crippen LogP contribution is 2.25. The summed E-state index contributed by atoms with van der Waals surface area (Å²) in [5.74, 6) is 0. The Balaban J connectivity index is 2.47. The number of piperazine rings is 1. The molecular formula is C21H49N3O2Si2. The molecule has 168 valence electrons. The molecular weight excluding hydrogens is 382 g/mol. The summed E-state index contributed by atoms with van der Waals surface area (Å²) in [5.41, 5.74) is 0. The van der Waals surface area contributed by atoms with Crippen LogP contribution in [0.15, 0.2) is 0 Å². The third kappa shape index (κ3) is 8.54. The Hall–Kier alpha value is 0.234. The Labute approximate surface area is 177 Å². The van der Waals surface area contributed by atoms with Crippen LogP contribution in [0.25, 0.3) is 0 Å². The van der Waals surface area contributed by atoms with Crippen LogP contribution in [-0.2, 0) is 8.85 Å². The smallest absolute Gasteiger partial charge is 0.335 e. The van der Waals surface area contributed by atoms with Crippen molar-refractivity contribution in [2.45, 2.75) is 84.3 Å². The fourth-order valence-electron chi connectivity index (χ4n) is 4.69. The van der Waals surface area contributed by atoms with E-state index < -0.39 is 16.8 Å². The molecule has 0 bridgehead atoms. The molecule has 0 saturated carbocycles. The van der Waals surface area contributed by atoms with Gasteiger partial charge in [-0.1, -0.05) is 20.8 Å². The molecule has 5 nitrogen and oxygen atoms in total. The van der Waals surface area contributed by atoms with Crippen molar-refractivity contribution in [1.29, 1.82) is 0 Å². The first-order chi connectivity index (χ1) is 13.3. The molecule has 1 aliphatic rings. The van der Waals surface area contributed by atoms with Gasteiger partial charge >= 0.3 is 8.56 Å². The maximum Gasteiger partial charge on any atom is 0.335 e. The van der Waals surface area contributed by atoms with Crippen molar-refractivity contribution in [2.75, 3.05) is 52.9 Å². The van der Waals surface area contributed by atoms with Crippen molar-refractivity contribution in [3.63, 3.8) is 0 Å². The van der Waals surface area contributed by atoms with E-state index in [0.29, 0.717) is 0 Å². The van der Waals surface area contributed by atoms with Crippen molar-refractivity contribution >= 4 is 16.8 Å².